The minimum Gasteiger partial charge on any atom is -0.472 e. The molecule has 34 heavy (non-hydrogen) atoms. The summed E-state index contributed by atoms with van der Waals surface area (Å²) in [6.07, 6.45) is 3.66. The molecular weight excluding hydrogens is 436 g/mol. The first-order valence-electron chi connectivity index (χ1n) is 12.3. The second kappa shape index (κ2) is 7.77. The van der Waals surface area contributed by atoms with Crippen LogP contribution in [-0.2, 0) is 19.1 Å². The fraction of sp³-hybridized carbons (Fsp3) is 0.704. The van der Waals surface area contributed by atoms with Crippen LogP contribution in [0.5, 0.6) is 0 Å². The molecule has 8 atom stereocenters. The quantitative estimate of drug-likeness (QED) is 0.507. The SMILES string of the molecule is COC(=O)C[C@H]1C(C)(C)[C@@H](O)[C@@H]2CC3=C4C[C@@H](O)O[C@H](c5ccoc5)[C@]4(C)CC[C@H]3[C@@]1(C)C2=O. The number of carbonyl (C=O) groups excluding carboxylic acids is 2. The predicted molar refractivity (Wildman–Crippen MR) is 122 cm³/mol. The molecule has 0 radical (unpaired) electrons. The van der Waals surface area contributed by atoms with Gasteiger partial charge in [-0.1, -0.05) is 38.8 Å². The number of furan rings is 1. The number of methoxy groups -OCH3 is 1. The zero-order valence-electron chi connectivity index (χ0n) is 20.7. The van der Waals surface area contributed by atoms with Crippen LogP contribution in [0.2, 0.25) is 0 Å². The Morgan fingerprint density at radius 1 is 1.21 bits per heavy atom. The van der Waals surface area contributed by atoms with Crippen molar-refractivity contribution in [3.63, 3.8) is 0 Å². The van der Waals surface area contributed by atoms with Gasteiger partial charge in [-0.3, -0.25) is 9.59 Å². The summed E-state index contributed by atoms with van der Waals surface area (Å²) in [4.78, 5) is 26.4. The molecule has 5 rings (SSSR count). The lowest BCUT2D eigenvalue weighted by molar-refractivity contribution is -0.201. The van der Waals surface area contributed by atoms with E-state index < -0.39 is 29.1 Å². The molecule has 2 heterocycles. The second-order valence-electron chi connectivity index (χ2n) is 11.8. The van der Waals surface area contributed by atoms with Gasteiger partial charge in [0, 0.05) is 35.2 Å². The van der Waals surface area contributed by atoms with Gasteiger partial charge in [-0.2, -0.15) is 0 Å². The number of ketones is 1. The Hall–Kier alpha value is -1.96. The number of ether oxygens (including phenoxy) is 2. The van der Waals surface area contributed by atoms with Crippen molar-refractivity contribution in [1.29, 1.82) is 0 Å². The fourth-order valence-corrected chi connectivity index (χ4v) is 8.12. The molecule has 1 aromatic rings. The van der Waals surface area contributed by atoms with Crippen molar-refractivity contribution < 1.29 is 33.7 Å². The number of hydrogen-bond acceptors (Lipinski definition) is 7. The van der Waals surface area contributed by atoms with Gasteiger partial charge in [-0.05, 0) is 42.6 Å². The van der Waals surface area contributed by atoms with E-state index in [9.17, 15) is 19.8 Å². The monoisotopic (exact) mass is 472 g/mol. The van der Waals surface area contributed by atoms with Crippen LogP contribution in [0.4, 0.5) is 0 Å². The van der Waals surface area contributed by atoms with E-state index in [4.69, 9.17) is 13.9 Å². The van der Waals surface area contributed by atoms with Gasteiger partial charge in [-0.25, -0.2) is 0 Å². The second-order valence-corrected chi connectivity index (χ2v) is 11.8. The molecule has 2 N–H and O–H groups in total. The number of hydrogen-bond donors (Lipinski definition) is 2. The van der Waals surface area contributed by atoms with E-state index in [0.717, 1.165) is 24.0 Å². The Labute approximate surface area is 200 Å². The number of aliphatic hydroxyl groups is 2. The van der Waals surface area contributed by atoms with Crippen molar-refractivity contribution in [2.75, 3.05) is 7.11 Å². The van der Waals surface area contributed by atoms with Crippen LogP contribution >= 0.6 is 0 Å². The fourth-order valence-electron chi connectivity index (χ4n) is 8.12. The van der Waals surface area contributed by atoms with Crippen LogP contribution in [-0.4, -0.2) is 41.5 Å². The molecule has 7 nitrogen and oxygen atoms in total. The normalized spacial score (nSPS) is 43.2. The number of carbonyl (C=O) groups is 2. The van der Waals surface area contributed by atoms with Gasteiger partial charge in [-0.15, -0.1) is 0 Å². The zero-order valence-corrected chi connectivity index (χ0v) is 20.7. The highest BCUT2D eigenvalue weighted by molar-refractivity contribution is 5.92. The van der Waals surface area contributed by atoms with Crippen molar-refractivity contribution >= 4 is 11.8 Å². The maximum absolute atomic E-state index is 13.9. The van der Waals surface area contributed by atoms with E-state index in [1.54, 1.807) is 12.5 Å². The molecule has 0 amide bonds. The summed E-state index contributed by atoms with van der Waals surface area (Å²) in [6, 6.07) is 1.88. The first kappa shape index (κ1) is 23.8. The highest BCUT2D eigenvalue weighted by Gasteiger charge is 2.67. The summed E-state index contributed by atoms with van der Waals surface area (Å²) in [5, 5.41) is 22.1. The van der Waals surface area contributed by atoms with E-state index in [1.165, 1.54) is 12.7 Å². The average molecular weight is 473 g/mol. The number of rotatable bonds is 3. The molecule has 1 aromatic heterocycles. The topological polar surface area (TPSA) is 106 Å². The van der Waals surface area contributed by atoms with Crippen LogP contribution in [0.1, 0.15) is 71.5 Å². The van der Waals surface area contributed by atoms with E-state index in [2.05, 4.69) is 6.92 Å². The Balaban J connectivity index is 1.66. The molecule has 7 heteroatoms. The largest absolute Gasteiger partial charge is 0.472 e. The molecule has 0 aromatic carbocycles. The van der Waals surface area contributed by atoms with Gasteiger partial charge in [0.25, 0.3) is 0 Å². The Kier molecular flexibility index (Phi) is 5.43. The Morgan fingerprint density at radius 2 is 1.94 bits per heavy atom. The van der Waals surface area contributed by atoms with Crippen LogP contribution in [0.25, 0.3) is 0 Å². The molecule has 3 aliphatic carbocycles. The van der Waals surface area contributed by atoms with Crippen LogP contribution in [0.15, 0.2) is 34.2 Å². The minimum atomic E-state index is -0.952. The number of aliphatic hydroxyl groups excluding tert-OH is 2. The van der Waals surface area contributed by atoms with Crippen LogP contribution in [0.3, 0.4) is 0 Å². The van der Waals surface area contributed by atoms with Gasteiger partial charge in [0.05, 0.1) is 31.8 Å². The lowest BCUT2D eigenvalue weighted by Gasteiger charge is -2.63. The van der Waals surface area contributed by atoms with E-state index >= 15 is 0 Å². The standard InChI is InChI=1S/C27H36O7/c1-25(2)19(12-20(28)32-5)27(4)17-6-8-26(3)18(15(17)10-16(22(25)30)23(27)31)11-21(29)34-24(26)14-7-9-33-13-14/h7,9,13,16-17,19,21-22,24,29-30H,6,8,10-12H2,1-5H3/t16-,17+,19-,21-,22-,24+,26+,27+/m0/s1. The average Bonchev–Trinajstić information content (AvgIpc) is 3.32. The van der Waals surface area contributed by atoms with Gasteiger partial charge in [0.2, 0.25) is 0 Å². The smallest absolute Gasteiger partial charge is 0.305 e. The molecule has 1 aliphatic heterocycles. The molecule has 0 unspecified atom stereocenters. The third kappa shape index (κ3) is 3.06. The van der Waals surface area contributed by atoms with Crippen molar-refractivity contribution in [3.05, 3.63) is 35.3 Å². The number of fused-ring (bicyclic) bond motifs is 5. The Morgan fingerprint density at radius 3 is 2.59 bits per heavy atom. The molecule has 0 spiro atoms. The molecule has 2 bridgehead atoms. The van der Waals surface area contributed by atoms with Gasteiger partial charge >= 0.3 is 5.97 Å². The minimum absolute atomic E-state index is 0.0453. The predicted octanol–water partition coefficient (Wildman–Crippen LogP) is 3.95. The van der Waals surface area contributed by atoms with Crippen molar-refractivity contribution in [3.8, 4) is 0 Å². The first-order valence-corrected chi connectivity index (χ1v) is 12.3. The molecule has 186 valence electrons. The van der Waals surface area contributed by atoms with Crippen molar-refractivity contribution in [1.82, 2.24) is 0 Å². The molecule has 1 saturated heterocycles. The highest BCUT2D eigenvalue weighted by atomic mass is 16.6. The first-order chi connectivity index (χ1) is 16.0. The number of esters is 1. The zero-order chi connectivity index (χ0) is 24.6. The van der Waals surface area contributed by atoms with E-state index in [1.807, 2.05) is 26.8 Å². The molecule has 4 aliphatic rings. The number of allylic oxidation sites excluding steroid dienone is 1. The Bertz CT molecular complexity index is 1020. The van der Waals surface area contributed by atoms with Gasteiger partial charge in [0.15, 0.2) is 6.29 Å². The summed E-state index contributed by atoms with van der Waals surface area (Å²) in [6.45, 7) is 8.12. The lowest BCUT2D eigenvalue weighted by atomic mass is 9.40. The van der Waals surface area contributed by atoms with Crippen molar-refractivity contribution in [2.24, 2.45) is 34.0 Å². The molecular formula is C27H36O7. The van der Waals surface area contributed by atoms with Crippen LogP contribution in [0, 0.1) is 34.0 Å². The van der Waals surface area contributed by atoms with Crippen molar-refractivity contribution in [2.45, 2.75) is 78.3 Å². The van der Waals surface area contributed by atoms with Gasteiger partial charge < -0.3 is 24.1 Å². The lowest BCUT2D eigenvalue weighted by Crippen LogP contribution is -2.66. The summed E-state index contributed by atoms with van der Waals surface area (Å²) in [7, 11) is 1.36. The maximum atomic E-state index is 13.9. The number of Topliss-reactive ketones (excluding diaryl/α,β-unsaturated/α-hetero) is 1. The van der Waals surface area contributed by atoms with E-state index in [0.29, 0.717) is 12.8 Å². The maximum Gasteiger partial charge on any atom is 0.305 e. The van der Waals surface area contributed by atoms with Crippen LogP contribution < -0.4 is 0 Å². The molecule has 2 saturated carbocycles. The summed E-state index contributed by atoms with van der Waals surface area (Å²) in [5.41, 5.74) is 1.44. The third-order valence-electron chi connectivity index (χ3n) is 9.94. The third-order valence-corrected chi connectivity index (χ3v) is 9.94. The summed E-state index contributed by atoms with van der Waals surface area (Å²) >= 11 is 0. The summed E-state index contributed by atoms with van der Waals surface area (Å²) < 4.78 is 16.4. The summed E-state index contributed by atoms with van der Waals surface area (Å²) in [5.74, 6) is -1.23. The molecule has 3 fully saturated rings. The highest BCUT2D eigenvalue weighted by Crippen LogP contribution is 2.67. The van der Waals surface area contributed by atoms with E-state index in [-0.39, 0.29) is 41.5 Å². The van der Waals surface area contributed by atoms with Gasteiger partial charge in [0.1, 0.15) is 5.78 Å².